The number of carbonyl (C=O) groups excluding carboxylic acids is 3. The Morgan fingerprint density at radius 2 is 1.50 bits per heavy atom. The first-order chi connectivity index (χ1) is 17.2. The second-order valence-corrected chi connectivity index (χ2v) is 8.75. The molecular formula is C26H31F3N4O3. The maximum absolute atomic E-state index is 13.2. The molecule has 0 bridgehead atoms. The van der Waals surface area contributed by atoms with Gasteiger partial charge in [-0.05, 0) is 24.0 Å². The first kappa shape index (κ1) is 27.2. The van der Waals surface area contributed by atoms with Crippen LogP contribution in [0.5, 0.6) is 0 Å². The van der Waals surface area contributed by atoms with Gasteiger partial charge < -0.3 is 15.5 Å². The van der Waals surface area contributed by atoms with Crippen LogP contribution >= 0.6 is 0 Å². The number of halogens is 3. The zero-order chi connectivity index (χ0) is 26.0. The number of benzene rings is 2. The second kappa shape index (κ2) is 13.1. The van der Waals surface area contributed by atoms with Crippen molar-refractivity contribution in [3.05, 3.63) is 71.8 Å². The average molecular weight is 505 g/mol. The smallest absolute Gasteiger partial charge is 0.355 e. The summed E-state index contributed by atoms with van der Waals surface area (Å²) in [6.07, 6.45) is -3.85. The fraction of sp³-hybridized carbons (Fsp3) is 0.423. The van der Waals surface area contributed by atoms with Crippen molar-refractivity contribution >= 4 is 17.7 Å². The highest BCUT2D eigenvalue weighted by atomic mass is 19.4. The Morgan fingerprint density at radius 1 is 0.861 bits per heavy atom. The van der Waals surface area contributed by atoms with E-state index in [2.05, 4.69) is 5.32 Å². The highest BCUT2D eigenvalue weighted by Crippen LogP contribution is 2.16. The number of nitrogens with one attached hydrogen (secondary N) is 2. The Balaban J connectivity index is 1.53. The molecule has 2 aromatic carbocycles. The SMILES string of the molecule is O=C(CN1CCCN(C(=O)C(Cc2ccccc2)NC(=O)C(F)(F)F)CC1)NCCc1ccccc1. The van der Waals surface area contributed by atoms with Crippen molar-refractivity contribution in [3.63, 3.8) is 0 Å². The lowest BCUT2D eigenvalue weighted by Gasteiger charge is -2.27. The molecule has 2 aromatic rings. The molecule has 2 N–H and O–H groups in total. The van der Waals surface area contributed by atoms with E-state index in [1.807, 2.05) is 40.5 Å². The van der Waals surface area contributed by atoms with Crippen LogP contribution in [0.15, 0.2) is 60.7 Å². The third kappa shape index (κ3) is 8.67. The zero-order valence-corrected chi connectivity index (χ0v) is 20.0. The van der Waals surface area contributed by atoms with Gasteiger partial charge in [0.25, 0.3) is 0 Å². The van der Waals surface area contributed by atoms with Crippen molar-refractivity contribution in [3.8, 4) is 0 Å². The quantitative estimate of drug-likeness (QED) is 0.549. The monoisotopic (exact) mass is 504 g/mol. The lowest BCUT2D eigenvalue weighted by Crippen LogP contribution is -2.53. The van der Waals surface area contributed by atoms with Gasteiger partial charge in [0.2, 0.25) is 11.8 Å². The summed E-state index contributed by atoms with van der Waals surface area (Å²) in [4.78, 5) is 40.5. The first-order valence-corrected chi connectivity index (χ1v) is 12.0. The lowest BCUT2D eigenvalue weighted by molar-refractivity contribution is -0.175. The number of amides is 3. The molecule has 1 atom stereocenters. The van der Waals surface area contributed by atoms with E-state index in [-0.39, 0.29) is 25.4 Å². The summed E-state index contributed by atoms with van der Waals surface area (Å²) in [5.41, 5.74) is 1.77. The molecule has 36 heavy (non-hydrogen) atoms. The van der Waals surface area contributed by atoms with Gasteiger partial charge in [-0.2, -0.15) is 13.2 Å². The molecule has 0 spiro atoms. The van der Waals surface area contributed by atoms with E-state index < -0.39 is 24.0 Å². The minimum Gasteiger partial charge on any atom is -0.355 e. The van der Waals surface area contributed by atoms with E-state index in [4.69, 9.17) is 0 Å². The summed E-state index contributed by atoms with van der Waals surface area (Å²) >= 11 is 0. The van der Waals surface area contributed by atoms with Gasteiger partial charge in [-0.1, -0.05) is 60.7 Å². The molecule has 1 fully saturated rings. The van der Waals surface area contributed by atoms with Crippen LogP contribution in [0.1, 0.15) is 17.5 Å². The second-order valence-electron chi connectivity index (χ2n) is 8.75. The predicted octanol–water partition coefficient (Wildman–Crippen LogP) is 2.17. The number of hydrogen-bond donors (Lipinski definition) is 2. The van der Waals surface area contributed by atoms with Crippen LogP contribution in [-0.2, 0) is 27.2 Å². The van der Waals surface area contributed by atoms with E-state index in [0.29, 0.717) is 38.2 Å². The number of nitrogens with zero attached hydrogens (tertiary/aromatic N) is 2. The standard InChI is InChI=1S/C26H31F3N4O3/c27-26(28,29)25(36)31-22(18-21-10-5-2-6-11-21)24(35)33-15-7-14-32(16-17-33)19-23(34)30-13-12-20-8-3-1-4-9-20/h1-6,8-11,22H,7,12-19H2,(H,30,34)(H,31,36). The van der Waals surface area contributed by atoms with Crippen LogP contribution in [0.2, 0.25) is 0 Å². The highest BCUT2D eigenvalue weighted by molar-refractivity contribution is 5.90. The van der Waals surface area contributed by atoms with E-state index in [1.54, 1.807) is 30.3 Å². The molecule has 1 unspecified atom stereocenters. The van der Waals surface area contributed by atoms with Crippen molar-refractivity contribution in [1.82, 2.24) is 20.4 Å². The number of alkyl halides is 3. The van der Waals surface area contributed by atoms with E-state index in [0.717, 1.165) is 12.0 Å². The van der Waals surface area contributed by atoms with E-state index in [9.17, 15) is 27.6 Å². The average Bonchev–Trinajstić information content (AvgIpc) is 3.09. The Bertz CT molecular complexity index is 1000. The molecule has 7 nitrogen and oxygen atoms in total. The predicted molar refractivity (Wildman–Crippen MR) is 129 cm³/mol. The van der Waals surface area contributed by atoms with Crippen LogP contribution < -0.4 is 10.6 Å². The van der Waals surface area contributed by atoms with Gasteiger partial charge in [0.1, 0.15) is 6.04 Å². The Hall–Kier alpha value is -3.40. The highest BCUT2D eigenvalue weighted by Gasteiger charge is 2.41. The van der Waals surface area contributed by atoms with Gasteiger partial charge in [0.05, 0.1) is 6.54 Å². The van der Waals surface area contributed by atoms with Crippen molar-refractivity contribution in [2.75, 3.05) is 39.3 Å². The van der Waals surface area contributed by atoms with Gasteiger partial charge >= 0.3 is 12.1 Å². The lowest BCUT2D eigenvalue weighted by atomic mass is 10.0. The Kier molecular flexibility index (Phi) is 9.86. The maximum atomic E-state index is 13.2. The topological polar surface area (TPSA) is 81.8 Å². The molecule has 1 heterocycles. The molecule has 1 aliphatic rings. The molecule has 194 valence electrons. The van der Waals surface area contributed by atoms with Crippen LogP contribution in [0.4, 0.5) is 13.2 Å². The first-order valence-electron chi connectivity index (χ1n) is 12.0. The van der Waals surface area contributed by atoms with Gasteiger partial charge in [-0.25, -0.2) is 0 Å². The van der Waals surface area contributed by atoms with Crippen molar-refractivity contribution in [2.45, 2.75) is 31.5 Å². The molecule has 0 radical (unpaired) electrons. The molecule has 0 aromatic heterocycles. The van der Waals surface area contributed by atoms with E-state index in [1.165, 1.54) is 4.90 Å². The van der Waals surface area contributed by atoms with Gasteiger partial charge in [0.15, 0.2) is 0 Å². The summed E-state index contributed by atoms with van der Waals surface area (Å²) < 4.78 is 38.7. The molecule has 1 saturated heterocycles. The third-order valence-corrected chi connectivity index (χ3v) is 5.99. The zero-order valence-electron chi connectivity index (χ0n) is 20.0. The Labute approximate surface area is 208 Å². The number of rotatable bonds is 9. The molecule has 1 aliphatic heterocycles. The fourth-order valence-corrected chi connectivity index (χ4v) is 4.11. The maximum Gasteiger partial charge on any atom is 0.471 e. The van der Waals surface area contributed by atoms with Crippen molar-refractivity contribution in [1.29, 1.82) is 0 Å². The van der Waals surface area contributed by atoms with Crippen molar-refractivity contribution < 1.29 is 27.6 Å². The van der Waals surface area contributed by atoms with Gasteiger partial charge in [-0.15, -0.1) is 0 Å². The normalized spacial score (nSPS) is 15.6. The Morgan fingerprint density at radius 3 is 2.14 bits per heavy atom. The van der Waals surface area contributed by atoms with Crippen LogP contribution in [0.3, 0.4) is 0 Å². The largest absolute Gasteiger partial charge is 0.471 e. The number of hydrogen-bond acceptors (Lipinski definition) is 4. The summed E-state index contributed by atoms with van der Waals surface area (Å²) in [6, 6.07) is 17.1. The minimum atomic E-state index is -5.08. The molecule has 10 heteroatoms. The third-order valence-electron chi connectivity index (χ3n) is 5.99. The molecule has 0 saturated carbocycles. The summed E-state index contributed by atoms with van der Waals surface area (Å²) in [5, 5.41) is 4.77. The van der Waals surface area contributed by atoms with Crippen molar-refractivity contribution in [2.24, 2.45) is 0 Å². The summed E-state index contributed by atoms with van der Waals surface area (Å²) in [6.45, 7) is 2.26. The van der Waals surface area contributed by atoms with Crippen LogP contribution in [-0.4, -0.2) is 79.0 Å². The van der Waals surface area contributed by atoms with Crippen LogP contribution in [0, 0.1) is 0 Å². The molecule has 0 aliphatic carbocycles. The van der Waals surface area contributed by atoms with Gasteiger partial charge in [-0.3, -0.25) is 19.3 Å². The van der Waals surface area contributed by atoms with E-state index >= 15 is 0 Å². The van der Waals surface area contributed by atoms with Crippen LogP contribution in [0.25, 0.3) is 0 Å². The molecular weight excluding hydrogens is 473 g/mol. The summed E-state index contributed by atoms with van der Waals surface area (Å²) in [5.74, 6) is -2.82. The molecule has 3 rings (SSSR count). The minimum absolute atomic E-state index is 0.0501. The summed E-state index contributed by atoms with van der Waals surface area (Å²) in [7, 11) is 0. The fourth-order valence-electron chi connectivity index (χ4n) is 4.11. The van der Waals surface area contributed by atoms with Gasteiger partial charge in [0, 0.05) is 39.1 Å². The molecule has 3 amide bonds. The number of carbonyl (C=O) groups is 3.